The van der Waals surface area contributed by atoms with Gasteiger partial charge in [0.05, 0.1) is 22.7 Å². The van der Waals surface area contributed by atoms with Gasteiger partial charge >= 0.3 is 0 Å². The minimum Gasteiger partial charge on any atom is -0.394 e. The van der Waals surface area contributed by atoms with Crippen LogP contribution < -0.4 is 5.32 Å². The fraction of sp³-hybridized carbons (Fsp3) is 0.545. The van der Waals surface area contributed by atoms with Crippen molar-refractivity contribution in [1.29, 1.82) is 0 Å². The second kappa shape index (κ2) is 7.97. The summed E-state index contributed by atoms with van der Waals surface area (Å²) >= 11 is 8.89. The molecule has 0 aromatic carbocycles. The molecule has 0 aliphatic heterocycles. The second-order valence-corrected chi connectivity index (χ2v) is 6.34. The van der Waals surface area contributed by atoms with Crippen LogP contribution in [0.3, 0.4) is 0 Å². The summed E-state index contributed by atoms with van der Waals surface area (Å²) in [4.78, 5) is 12.7. The molecule has 0 saturated carbocycles. The largest absolute Gasteiger partial charge is 0.394 e. The van der Waals surface area contributed by atoms with Crippen molar-refractivity contribution in [3.8, 4) is 0 Å². The Kier molecular flexibility index (Phi) is 6.96. The fourth-order valence-electron chi connectivity index (χ4n) is 1.22. The SMILES string of the molecule is CC[C@@H](CO)NC(=O)CSCc1ccc(Cl)s1. The maximum Gasteiger partial charge on any atom is 0.230 e. The van der Waals surface area contributed by atoms with E-state index in [1.165, 1.54) is 16.2 Å². The van der Waals surface area contributed by atoms with Gasteiger partial charge in [0.1, 0.15) is 0 Å². The zero-order valence-corrected chi connectivity index (χ0v) is 12.0. The number of thioether (sulfide) groups is 1. The molecule has 0 radical (unpaired) electrons. The van der Waals surface area contributed by atoms with Crippen molar-refractivity contribution in [2.75, 3.05) is 12.4 Å². The van der Waals surface area contributed by atoms with Crippen LogP contribution in [-0.4, -0.2) is 29.4 Å². The van der Waals surface area contributed by atoms with E-state index >= 15 is 0 Å². The summed E-state index contributed by atoms with van der Waals surface area (Å²) in [5.74, 6) is 1.17. The molecule has 0 unspecified atom stereocenters. The highest BCUT2D eigenvalue weighted by Gasteiger charge is 2.09. The molecule has 0 bridgehead atoms. The fourth-order valence-corrected chi connectivity index (χ4v) is 3.26. The summed E-state index contributed by atoms with van der Waals surface area (Å²) in [5, 5.41) is 11.7. The topological polar surface area (TPSA) is 49.3 Å². The van der Waals surface area contributed by atoms with Crippen molar-refractivity contribution in [2.24, 2.45) is 0 Å². The summed E-state index contributed by atoms with van der Waals surface area (Å²) < 4.78 is 0.774. The predicted octanol–water partition coefficient (Wildman–Crippen LogP) is 2.52. The number of aliphatic hydroxyl groups is 1. The van der Waals surface area contributed by atoms with E-state index in [-0.39, 0.29) is 18.6 Å². The number of aliphatic hydroxyl groups excluding tert-OH is 1. The summed E-state index contributed by atoms with van der Waals surface area (Å²) in [7, 11) is 0. The van der Waals surface area contributed by atoms with Crippen LogP contribution in [0.15, 0.2) is 12.1 Å². The van der Waals surface area contributed by atoms with Gasteiger partial charge in [-0.15, -0.1) is 23.1 Å². The maximum absolute atomic E-state index is 11.5. The molecule has 0 saturated heterocycles. The lowest BCUT2D eigenvalue weighted by Crippen LogP contribution is -2.37. The van der Waals surface area contributed by atoms with Crippen molar-refractivity contribution in [3.63, 3.8) is 0 Å². The third kappa shape index (κ3) is 5.77. The number of rotatable bonds is 7. The lowest BCUT2D eigenvalue weighted by Gasteiger charge is -2.13. The Morgan fingerprint density at radius 2 is 2.41 bits per heavy atom. The molecule has 1 heterocycles. The van der Waals surface area contributed by atoms with Gasteiger partial charge in [-0.25, -0.2) is 0 Å². The van der Waals surface area contributed by atoms with E-state index in [0.717, 1.165) is 16.5 Å². The van der Waals surface area contributed by atoms with Gasteiger partial charge < -0.3 is 10.4 Å². The molecular weight excluding hydrogens is 278 g/mol. The first-order valence-corrected chi connectivity index (χ1v) is 7.72. The Bertz CT molecular complexity index is 353. The van der Waals surface area contributed by atoms with E-state index in [1.807, 2.05) is 19.1 Å². The molecule has 1 aromatic heterocycles. The third-order valence-corrected chi connectivity index (χ3v) is 4.58. The van der Waals surface area contributed by atoms with Crippen LogP contribution in [0.4, 0.5) is 0 Å². The molecule has 3 nitrogen and oxygen atoms in total. The number of carbonyl (C=O) groups is 1. The number of hydrogen-bond acceptors (Lipinski definition) is 4. The standard InChI is InChI=1S/C11H16ClNO2S2/c1-2-8(5-14)13-11(15)7-16-6-9-3-4-10(12)17-9/h3-4,8,14H,2,5-7H2,1H3,(H,13,15)/t8-/m0/s1. The average molecular weight is 294 g/mol. The summed E-state index contributed by atoms with van der Waals surface area (Å²) in [6.45, 7) is 1.93. The van der Waals surface area contributed by atoms with Crippen LogP contribution in [0.1, 0.15) is 18.2 Å². The quantitative estimate of drug-likeness (QED) is 0.812. The Morgan fingerprint density at radius 3 is 2.94 bits per heavy atom. The van der Waals surface area contributed by atoms with Crippen molar-refractivity contribution >= 4 is 40.6 Å². The Hall–Kier alpha value is -0.230. The van der Waals surface area contributed by atoms with Crippen molar-refractivity contribution in [2.45, 2.75) is 25.1 Å². The van der Waals surface area contributed by atoms with E-state index in [1.54, 1.807) is 11.8 Å². The van der Waals surface area contributed by atoms with Crippen LogP contribution in [0.5, 0.6) is 0 Å². The minimum atomic E-state index is -0.126. The maximum atomic E-state index is 11.5. The Morgan fingerprint density at radius 1 is 1.65 bits per heavy atom. The molecule has 1 amide bonds. The average Bonchev–Trinajstić information content (AvgIpc) is 2.72. The molecule has 2 N–H and O–H groups in total. The molecular formula is C11H16ClNO2S2. The van der Waals surface area contributed by atoms with Crippen molar-refractivity contribution in [3.05, 3.63) is 21.3 Å². The van der Waals surface area contributed by atoms with Gasteiger partial charge in [0.15, 0.2) is 0 Å². The van der Waals surface area contributed by atoms with Crippen LogP contribution in [0.25, 0.3) is 0 Å². The molecule has 1 aromatic rings. The van der Waals surface area contributed by atoms with Crippen LogP contribution in [0, 0.1) is 0 Å². The molecule has 1 atom stereocenters. The second-order valence-electron chi connectivity index (χ2n) is 3.55. The van der Waals surface area contributed by atoms with Gasteiger partial charge in [-0.2, -0.15) is 0 Å². The molecule has 0 aliphatic rings. The predicted molar refractivity (Wildman–Crippen MR) is 74.8 cm³/mol. The van der Waals surface area contributed by atoms with E-state index in [2.05, 4.69) is 5.32 Å². The van der Waals surface area contributed by atoms with Gasteiger partial charge in [-0.05, 0) is 18.6 Å². The Balaban J connectivity index is 2.20. The smallest absolute Gasteiger partial charge is 0.230 e. The minimum absolute atomic E-state index is 0.00651. The number of halogens is 1. The molecule has 17 heavy (non-hydrogen) atoms. The van der Waals surface area contributed by atoms with Crippen LogP contribution >= 0.6 is 34.7 Å². The molecule has 0 spiro atoms. The number of nitrogens with one attached hydrogen (secondary N) is 1. The summed E-state index contributed by atoms with van der Waals surface area (Å²) in [5.41, 5.74) is 0. The number of hydrogen-bond donors (Lipinski definition) is 2. The highest BCUT2D eigenvalue weighted by molar-refractivity contribution is 7.99. The van der Waals surface area contributed by atoms with Gasteiger partial charge in [0.2, 0.25) is 5.91 Å². The van der Waals surface area contributed by atoms with E-state index < -0.39 is 0 Å². The van der Waals surface area contributed by atoms with Gasteiger partial charge in [-0.1, -0.05) is 18.5 Å². The number of carbonyl (C=O) groups excluding carboxylic acids is 1. The van der Waals surface area contributed by atoms with Gasteiger partial charge in [0.25, 0.3) is 0 Å². The van der Waals surface area contributed by atoms with E-state index in [9.17, 15) is 4.79 Å². The number of amides is 1. The summed E-state index contributed by atoms with van der Waals surface area (Å²) in [6.07, 6.45) is 0.743. The first-order valence-electron chi connectivity index (χ1n) is 5.38. The van der Waals surface area contributed by atoms with Crippen molar-refractivity contribution in [1.82, 2.24) is 5.32 Å². The first-order chi connectivity index (χ1) is 8.15. The lowest BCUT2D eigenvalue weighted by atomic mass is 10.2. The normalized spacial score (nSPS) is 12.4. The van der Waals surface area contributed by atoms with E-state index in [4.69, 9.17) is 16.7 Å². The molecule has 6 heteroatoms. The zero-order valence-electron chi connectivity index (χ0n) is 9.61. The van der Waals surface area contributed by atoms with Crippen LogP contribution in [-0.2, 0) is 10.5 Å². The van der Waals surface area contributed by atoms with E-state index in [0.29, 0.717) is 5.75 Å². The first kappa shape index (κ1) is 14.8. The molecule has 0 aliphatic carbocycles. The van der Waals surface area contributed by atoms with Crippen LogP contribution in [0.2, 0.25) is 4.34 Å². The molecule has 1 rings (SSSR count). The lowest BCUT2D eigenvalue weighted by molar-refractivity contribution is -0.119. The molecule has 0 fully saturated rings. The number of thiophene rings is 1. The Labute approximate surface area is 115 Å². The van der Waals surface area contributed by atoms with Gasteiger partial charge in [0, 0.05) is 10.6 Å². The van der Waals surface area contributed by atoms with Crippen molar-refractivity contribution < 1.29 is 9.90 Å². The monoisotopic (exact) mass is 293 g/mol. The third-order valence-electron chi connectivity index (χ3n) is 2.18. The zero-order chi connectivity index (χ0) is 12.7. The van der Waals surface area contributed by atoms with Gasteiger partial charge in [-0.3, -0.25) is 4.79 Å². The summed E-state index contributed by atoms with van der Waals surface area (Å²) in [6, 6.07) is 3.71. The molecule has 96 valence electrons. The highest BCUT2D eigenvalue weighted by atomic mass is 35.5. The highest BCUT2D eigenvalue weighted by Crippen LogP contribution is 2.24.